The lowest BCUT2D eigenvalue weighted by molar-refractivity contribution is 0.0853. The lowest BCUT2D eigenvalue weighted by atomic mass is 10.0. The van der Waals surface area contributed by atoms with Crippen molar-refractivity contribution in [1.82, 2.24) is 15.3 Å². The van der Waals surface area contributed by atoms with E-state index in [1.54, 1.807) is 43.3 Å². The average molecular weight is 427 g/mol. The third-order valence-corrected chi connectivity index (χ3v) is 5.83. The number of amides is 1. The summed E-state index contributed by atoms with van der Waals surface area (Å²) >= 11 is 7.32. The van der Waals surface area contributed by atoms with Crippen molar-refractivity contribution in [2.24, 2.45) is 0 Å². The van der Waals surface area contributed by atoms with E-state index in [0.29, 0.717) is 32.5 Å². The Morgan fingerprint density at radius 3 is 2.66 bits per heavy atom. The van der Waals surface area contributed by atoms with Gasteiger partial charge in [0.1, 0.15) is 11.3 Å². The first kappa shape index (κ1) is 19.4. The number of halogens is 1. The molecule has 1 amide bonds. The number of nitrogens with zero attached hydrogens (tertiary/aromatic N) is 1. The van der Waals surface area contributed by atoms with E-state index < -0.39 is 12.1 Å². The lowest BCUT2D eigenvalue weighted by Crippen LogP contribution is -2.37. The van der Waals surface area contributed by atoms with Crippen LogP contribution >= 0.6 is 22.9 Å². The van der Waals surface area contributed by atoms with Crippen molar-refractivity contribution >= 4 is 44.9 Å². The number of aromatic nitrogens is 2. The fraction of sp³-hybridized carbons (Fsp3) is 0.143. The lowest BCUT2D eigenvalue weighted by Gasteiger charge is -2.20. The van der Waals surface area contributed by atoms with Crippen molar-refractivity contribution in [3.63, 3.8) is 0 Å². The number of nitrogens with two attached hydrogens (primary N) is 1. The molecule has 2 unspecified atom stereocenters. The molecule has 0 fully saturated rings. The molecule has 6 nitrogen and oxygen atoms in total. The van der Waals surface area contributed by atoms with E-state index >= 15 is 0 Å². The zero-order valence-electron chi connectivity index (χ0n) is 15.5. The monoisotopic (exact) mass is 426 g/mol. The molecule has 0 spiro atoms. The summed E-state index contributed by atoms with van der Waals surface area (Å²) in [5.74, 6) is 0.357. The summed E-state index contributed by atoms with van der Waals surface area (Å²) in [5.41, 5.74) is 8.25. The van der Waals surface area contributed by atoms with Crippen LogP contribution in [0.4, 0.5) is 5.00 Å². The van der Waals surface area contributed by atoms with Crippen LogP contribution in [0.2, 0.25) is 5.02 Å². The van der Waals surface area contributed by atoms with Gasteiger partial charge in [0.05, 0.1) is 33.1 Å². The second-order valence-electron chi connectivity index (χ2n) is 6.75. The number of carbonyl (C=O) groups is 1. The van der Waals surface area contributed by atoms with Crippen LogP contribution in [0.15, 0.2) is 54.6 Å². The fourth-order valence-corrected chi connectivity index (χ4v) is 3.97. The quantitative estimate of drug-likeness (QED) is 0.380. The number of rotatable bonds is 5. The first-order valence-corrected chi connectivity index (χ1v) is 10.2. The first-order valence-electron chi connectivity index (χ1n) is 9.01. The normalized spacial score (nSPS) is 13.3. The van der Waals surface area contributed by atoms with Crippen LogP contribution in [0.25, 0.3) is 21.7 Å². The van der Waals surface area contributed by atoms with E-state index in [-0.39, 0.29) is 5.91 Å². The number of fused-ring (bicyclic) bond motifs is 1. The van der Waals surface area contributed by atoms with Gasteiger partial charge in [0.15, 0.2) is 0 Å². The number of hydrogen-bond donors (Lipinski definition) is 4. The first-order chi connectivity index (χ1) is 13.9. The SMILES string of the molecule is CC(NC(=O)c1cccc2[nH]c(-c3ccc(N)s3)nc12)C(O)c1ccc(Cl)cc1. The summed E-state index contributed by atoms with van der Waals surface area (Å²) < 4.78 is 0. The molecule has 5 N–H and O–H groups in total. The van der Waals surface area contributed by atoms with Gasteiger partial charge in [-0.25, -0.2) is 4.98 Å². The maximum atomic E-state index is 12.9. The summed E-state index contributed by atoms with van der Waals surface area (Å²) in [5, 5.41) is 14.7. The molecule has 2 heterocycles. The zero-order valence-corrected chi connectivity index (χ0v) is 17.1. The molecule has 4 rings (SSSR count). The highest BCUT2D eigenvalue weighted by molar-refractivity contribution is 7.19. The summed E-state index contributed by atoms with van der Waals surface area (Å²) in [6.45, 7) is 1.75. The molecule has 4 aromatic rings. The molecule has 0 saturated heterocycles. The number of carbonyl (C=O) groups excluding carboxylic acids is 1. The Bertz CT molecular complexity index is 1170. The molecule has 2 aromatic carbocycles. The molecule has 2 atom stereocenters. The Morgan fingerprint density at radius 1 is 1.21 bits per heavy atom. The van der Waals surface area contributed by atoms with Gasteiger partial charge in [-0.1, -0.05) is 29.8 Å². The number of anilines is 1. The zero-order chi connectivity index (χ0) is 20.5. The van der Waals surface area contributed by atoms with Crippen LogP contribution in [0.3, 0.4) is 0 Å². The fourth-order valence-electron chi connectivity index (χ4n) is 3.12. The van der Waals surface area contributed by atoms with Gasteiger partial charge in [-0.15, -0.1) is 11.3 Å². The maximum Gasteiger partial charge on any atom is 0.253 e. The number of thiophene rings is 1. The van der Waals surface area contributed by atoms with Gasteiger partial charge in [-0.05, 0) is 48.9 Å². The smallest absolute Gasteiger partial charge is 0.253 e. The number of aliphatic hydroxyl groups excluding tert-OH is 1. The van der Waals surface area contributed by atoms with E-state index in [0.717, 1.165) is 10.4 Å². The Labute approximate surface area is 176 Å². The molecular weight excluding hydrogens is 408 g/mol. The van der Waals surface area contributed by atoms with E-state index in [1.807, 2.05) is 18.2 Å². The highest BCUT2D eigenvalue weighted by Gasteiger charge is 2.21. The van der Waals surface area contributed by atoms with Gasteiger partial charge in [0.2, 0.25) is 0 Å². The highest BCUT2D eigenvalue weighted by Crippen LogP contribution is 2.30. The van der Waals surface area contributed by atoms with E-state index in [9.17, 15) is 9.90 Å². The maximum absolute atomic E-state index is 12.9. The molecule has 0 aliphatic heterocycles. The third kappa shape index (κ3) is 3.98. The van der Waals surface area contributed by atoms with Crippen LogP contribution in [0.1, 0.15) is 28.9 Å². The van der Waals surface area contributed by atoms with Crippen LogP contribution in [-0.2, 0) is 0 Å². The summed E-state index contributed by atoms with van der Waals surface area (Å²) in [6.07, 6.45) is -0.862. The van der Waals surface area contributed by atoms with Crippen molar-refractivity contribution in [2.75, 3.05) is 5.73 Å². The van der Waals surface area contributed by atoms with Crippen molar-refractivity contribution in [3.05, 3.63) is 70.7 Å². The van der Waals surface area contributed by atoms with Crippen LogP contribution < -0.4 is 11.1 Å². The number of nitrogens with one attached hydrogen (secondary N) is 2. The Balaban J connectivity index is 1.58. The highest BCUT2D eigenvalue weighted by atomic mass is 35.5. The van der Waals surface area contributed by atoms with E-state index in [4.69, 9.17) is 17.3 Å². The predicted octanol–water partition coefficient (Wildman–Crippen LogP) is 4.38. The minimum Gasteiger partial charge on any atom is -0.391 e. The van der Waals surface area contributed by atoms with Gasteiger partial charge in [-0.2, -0.15) is 0 Å². The number of para-hydroxylation sites is 1. The van der Waals surface area contributed by atoms with Gasteiger partial charge >= 0.3 is 0 Å². The number of benzene rings is 2. The number of aliphatic hydroxyl groups is 1. The third-order valence-electron chi connectivity index (χ3n) is 4.66. The molecule has 0 saturated carbocycles. The molecule has 2 aromatic heterocycles. The minimum absolute atomic E-state index is 0.306. The van der Waals surface area contributed by atoms with Gasteiger partial charge in [0.25, 0.3) is 5.91 Å². The Kier molecular flexibility index (Phi) is 5.27. The molecular formula is C21H19ClN4O2S. The second kappa shape index (κ2) is 7.87. The molecule has 0 bridgehead atoms. The minimum atomic E-state index is -0.862. The second-order valence-corrected chi connectivity index (χ2v) is 8.30. The largest absolute Gasteiger partial charge is 0.391 e. The van der Waals surface area contributed by atoms with E-state index in [2.05, 4.69) is 15.3 Å². The molecule has 0 aliphatic rings. The molecule has 29 heavy (non-hydrogen) atoms. The molecule has 148 valence electrons. The molecule has 0 radical (unpaired) electrons. The van der Waals surface area contributed by atoms with Crippen LogP contribution in [0.5, 0.6) is 0 Å². The summed E-state index contributed by atoms with van der Waals surface area (Å²) in [6, 6.07) is 15.5. The molecule has 8 heteroatoms. The van der Waals surface area contributed by atoms with Gasteiger partial charge in [0, 0.05) is 5.02 Å². The average Bonchev–Trinajstić information content (AvgIpc) is 3.33. The molecule has 0 aliphatic carbocycles. The predicted molar refractivity (Wildman–Crippen MR) is 117 cm³/mol. The van der Waals surface area contributed by atoms with Crippen molar-refractivity contribution in [2.45, 2.75) is 19.1 Å². The van der Waals surface area contributed by atoms with Crippen LogP contribution in [-0.4, -0.2) is 27.0 Å². The summed E-state index contributed by atoms with van der Waals surface area (Å²) in [7, 11) is 0. The van der Waals surface area contributed by atoms with Crippen molar-refractivity contribution in [1.29, 1.82) is 0 Å². The standard InChI is InChI=1S/C21H19ClN4O2S/c1-11(19(27)12-5-7-13(22)8-6-12)24-21(28)14-3-2-4-15-18(14)26-20(25-15)16-9-10-17(23)29-16/h2-11,19,27H,23H2,1H3,(H,24,28)(H,25,26). The Morgan fingerprint density at radius 2 is 1.97 bits per heavy atom. The van der Waals surface area contributed by atoms with Gasteiger partial charge in [-0.3, -0.25) is 4.79 Å². The number of aromatic amines is 1. The number of hydrogen-bond acceptors (Lipinski definition) is 5. The van der Waals surface area contributed by atoms with Crippen molar-refractivity contribution < 1.29 is 9.90 Å². The number of imidazole rings is 1. The van der Waals surface area contributed by atoms with Gasteiger partial charge < -0.3 is 21.1 Å². The number of H-pyrrole nitrogens is 1. The number of nitrogen functional groups attached to an aromatic ring is 1. The van der Waals surface area contributed by atoms with Crippen LogP contribution in [0, 0.1) is 0 Å². The topological polar surface area (TPSA) is 104 Å². The Hall–Kier alpha value is -2.87. The summed E-state index contributed by atoms with van der Waals surface area (Å²) in [4.78, 5) is 21.6. The van der Waals surface area contributed by atoms with Crippen molar-refractivity contribution in [3.8, 4) is 10.7 Å². The van der Waals surface area contributed by atoms with E-state index in [1.165, 1.54) is 11.3 Å².